The highest BCUT2D eigenvalue weighted by Gasteiger charge is 2.22. The van der Waals surface area contributed by atoms with Gasteiger partial charge in [0.15, 0.2) is 0 Å². The van der Waals surface area contributed by atoms with Crippen LogP contribution in [-0.4, -0.2) is 29.1 Å². The van der Waals surface area contributed by atoms with Crippen molar-refractivity contribution < 1.29 is 0 Å². The molecule has 0 amide bonds. The first-order chi connectivity index (χ1) is 8.81. The lowest BCUT2D eigenvalue weighted by molar-refractivity contribution is 0.408. The predicted octanol–water partition coefficient (Wildman–Crippen LogP) is 2.27. The summed E-state index contributed by atoms with van der Waals surface area (Å²) < 4.78 is 0. The van der Waals surface area contributed by atoms with E-state index in [4.69, 9.17) is 5.73 Å². The summed E-state index contributed by atoms with van der Waals surface area (Å²) in [6.45, 7) is 3.73. The van der Waals surface area contributed by atoms with E-state index in [0.717, 1.165) is 31.2 Å². The molecular formula is C14H24N4. The zero-order valence-corrected chi connectivity index (χ0v) is 11.3. The Labute approximate surface area is 110 Å². The summed E-state index contributed by atoms with van der Waals surface area (Å²) in [5.41, 5.74) is 6.68. The van der Waals surface area contributed by atoms with Gasteiger partial charge in [-0.25, -0.2) is 9.97 Å². The quantitative estimate of drug-likeness (QED) is 0.868. The summed E-state index contributed by atoms with van der Waals surface area (Å²) in [6, 6.07) is 2.55. The normalized spacial score (nSPS) is 16.8. The molecule has 100 valence electrons. The zero-order valence-electron chi connectivity index (χ0n) is 11.3. The molecule has 0 radical (unpaired) electrons. The molecule has 18 heavy (non-hydrogen) atoms. The first-order valence-electron chi connectivity index (χ1n) is 7.07. The van der Waals surface area contributed by atoms with Crippen LogP contribution in [0.25, 0.3) is 0 Å². The number of hydrogen-bond acceptors (Lipinski definition) is 4. The Morgan fingerprint density at radius 2 is 2.11 bits per heavy atom. The van der Waals surface area contributed by atoms with Crippen LogP contribution in [0.4, 0.5) is 5.95 Å². The highest BCUT2D eigenvalue weighted by Crippen LogP contribution is 2.25. The van der Waals surface area contributed by atoms with Gasteiger partial charge in [-0.3, -0.25) is 0 Å². The van der Waals surface area contributed by atoms with E-state index in [-0.39, 0.29) is 0 Å². The van der Waals surface area contributed by atoms with Gasteiger partial charge in [0.2, 0.25) is 5.95 Å². The Balaban J connectivity index is 2.12. The van der Waals surface area contributed by atoms with Crippen molar-refractivity contribution in [1.82, 2.24) is 9.97 Å². The van der Waals surface area contributed by atoms with Crippen molar-refractivity contribution in [2.45, 2.75) is 51.5 Å². The number of nitrogens with zero attached hydrogens (tertiary/aromatic N) is 3. The molecule has 0 saturated heterocycles. The van der Waals surface area contributed by atoms with Crippen molar-refractivity contribution >= 4 is 5.95 Å². The maximum Gasteiger partial charge on any atom is 0.225 e. The van der Waals surface area contributed by atoms with Crippen molar-refractivity contribution in [3.8, 4) is 0 Å². The Morgan fingerprint density at radius 3 is 2.78 bits per heavy atom. The third kappa shape index (κ3) is 3.42. The molecule has 0 bridgehead atoms. The largest absolute Gasteiger partial charge is 0.338 e. The van der Waals surface area contributed by atoms with E-state index in [2.05, 4.69) is 14.9 Å². The van der Waals surface area contributed by atoms with E-state index in [1.807, 2.05) is 19.2 Å². The number of aryl methyl sites for hydroxylation is 1. The lowest BCUT2D eigenvalue weighted by Crippen LogP contribution is -2.39. The molecule has 0 aromatic carbocycles. The lowest BCUT2D eigenvalue weighted by atomic mass is 9.94. The molecule has 1 aromatic heterocycles. The van der Waals surface area contributed by atoms with Crippen LogP contribution >= 0.6 is 0 Å². The van der Waals surface area contributed by atoms with Crippen LogP contribution < -0.4 is 10.6 Å². The summed E-state index contributed by atoms with van der Waals surface area (Å²) in [7, 11) is 0. The van der Waals surface area contributed by atoms with Gasteiger partial charge in [0.1, 0.15) is 0 Å². The molecular weight excluding hydrogens is 224 g/mol. The maximum absolute atomic E-state index is 5.65. The van der Waals surface area contributed by atoms with Crippen molar-refractivity contribution in [2.24, 2.45) is 5.73 Å². The molecule has 2 N–H and O–H groups in total. The number of rotatable bonds is 5. The molecule has 4 nitrogen and oxygen atoms in total. The van der Waals surface area contributed by atoms with Gasteiger partial charge in [-0.05, 0) is 38.8 Å². The molecule has 1 heterocycles. The number of anilines is 1. The molecule has 1 aliphatic carbocycles. The fraction of sp³-hybridized carbons (Fsp3) is 0.714. The molecule has 1 saturated carbocycles. The molecule has 1 aliphatic rings. The Hall–Kier alpha value is -1.16. The second-order valence-electron chi connectivity index (χ2n) is 5.13. The second-order valence-corrected chi connectivity index (χ2v) is 5.13. The average Bonchev–Trinajstić information content (AvgIpc) is 2.40. The van der Waals surface area contributed by atoms with E-state index in [0.29, 0.717) is 6.04 Å². The highest BCUT2D eigenvalue weighted by atomic mass is 15.3. The summed E-state index contributed by atoms with van der Waals surface area (Å²) in [5, 5.41) is 0. The van der Waals surface area contributed by atoms with Gasteiger partial charge in [-0.2, -0.15) is 0 Å². The Kier molecular flexibility index (Phi) is 4.93. The lowest BCUT2D eigenvalue weighted by Gasteiger charge is -2.34. The van der Waals surface area contributed by atoms with Crippen LogP contribution in [0.15, 0.2) is 12.3 Å². The van der Waals surface area contributed by atoms with Gasteiger partial charge in [-0.1, -0.05) is 19.3 Å². The van der Waals surface area contributed by atoms with Gasteiger partial charge in [-0.15, -0.1) is 0 Å². The predicted molar refractivity (Wildman–Crippen MR) is 74.7 cm³/mol. The summed E-state index contributed by atoms with van der Waals surface area (Å²) in [6.07, 6.45) is 9.43. The van der Waals surface area contributed by atoms with E-state index < -0.39 is 0 Å². The summed E-state index contributed by atoms with van der Waals surface area (Å²) in [5.74, 6) is 0.885. The average molecular weight is 248 g/mol. The first kappa shape index (κ1) is 13.3. The number of hydrogen-bond donors (Lipinski definition) is 1. The van der Waals surface area contributed by atoms with Crippen molar-refractivity contribution in [1.29, 1.82) is 0 Å². The highest BCUT2D eigenvalue weighted by molar-refractivity contribution is 5.32. The third-order valence-corrected chi connectivity index (χ3v) is 3.66. The van der Waals surface area contributed by atoms with Gasteiger partial charge in [0.25, 0.3) is 0 Å². The van der Waals surface area contributed by atoms with Crippen LogP contribution in [0.3, 0.4) is 0 Å². The standard InChI is InChI=1S/C14H24N4/c1-12-8-10-16-14(17-12)18(11-5-9-15)13-6-3-2-4-7-13/h8,10,13H,2-7,9,11,15H2,1H3. The van der Waals surface area contributed by atoms with Gasteiger partial charge in [0.05, 0.1) is 0 Å². The fourth-order valence-electron chi connectivity index (χ4n) is 2.67. The van der Waals surface area contributed by atoms with Crippen molar-refractivity contribution in [3.63, 3.8) is 0 Å². The van der Waals surface area contributed by atoms with Crippen LogP contribution in [-0.2, 0) is 0 Å². The number of aromatic nitrogens is 2. The molecule has 2 rings (SSSR count). The van der Waals surface area contributed by atoms with E-state index in [1.165, 1.54) is 32.1 Å². The monoisotopic (exact) mass is 248 g/mol. The van der Waals surface area contributed by atoms with Gasteiger partial charge >= 0.3 is 0 Å². The minimum absolute atomic E-state index is 0.604. The van der Waals surface area contributed by atoms with Gasteiger partial charge in [0, 0.05) is 24.5 Å². The van der Waals surface area contributed by atoms with Crippen LogP contribution in [0, 0.1) is 6.92 Å². The van der Waals surface area contributed by atoms with E-state index in [1.54, 1.807) is 0 Å². The molecule has 0 aliphatic heterocycles. The van der Waals surface area contributed by atoms with Gasteiger partial charge < -0.3 is 10.6 Å². The maximum atomic E-state index is 5.65. The molecule has 0 unspecified atom stereocenters. The minimum atomic E-state index is 0.604. The van der Waals surface area contributed by atoms with E-state index in [9.17, 15) is 0 Å². The van der Waals surface area contributed by atoms with Crippen molar-refractivity contribution in [2.75, 3.05) is 18.0 Å². The zero-order chi connectivity index (χ0) is 12.8. The SMILES string of the molecule is Cc1ccnc(N(CCCN)C2CCCCC2)n1. The van der Waals surface area contributed by atoms with Crippen LogP contribution in [0.2, 0.25) is 0 Å². The summed E-state index contributed by atoms with van der Waals surface area (Å²) in [4.78, 5) is 11.4. The molecule has 0 atom stereocenters. The van der Waals surface area contributed by atoms with Crippen LogP contribution in [0.5, 0.6) is 0 Å². The minimum Gasteiger partial charge on any atom is -0.338 e. The number of nitrogens with two attached hydrogens (primary N) is 1. The second kappa shape index (κ2) is 6.69. The third-order valence-electron chi connectivity index (χ3n) is 3.66. The van der Waals surface area contributed by atoms with Crippen LogP contribution in [0.1, 0.15) is 44.2 Å². The Bertz CT molecular complexity index is 361. The topological polar surface area (TPSA) is 55.0 Å². The van der Waals surface area contributed by atoms with Crippen molar-refractivity contribution in [3.05, 3.63) is 18.0 Å². The smallest absolute Gasteiger partial charge is 0.225 e. The fourth-order valence-corrected chi connectivity index (χ4v) is 2.67. The first-order valence-corrected chi connectivity index (χ1v) is 7.07. The molecule has 1 fully saturated rings. The molecule has 1 aromatic rings. The Morgan fingerprint density at radius 1 is 1.33 bits per heavy atom. The van der Waals surface area contributed by atoms with E-state index >= 15 is 0 Å². The molecule has 0 spiro atoms. The summed E-state index contributed by atoms with van der Waals surface area (Å²) >= 11 is 0. The molecule has 4 heteroatoms.